The molecule has 3 unspecified atom stereocenters. The summed E-state index contributed by atoms with van der Waals surface area (Å²) in [5, 5.41) is 2.41. The van der Waals surface area contributed by atoms with E-state index in [1.807, 2.05) is 0 Å². The zero-order chi connectivity index (χ0) is 18.5. The number of hydrogen-bond donors (Lipinski definition) is 1. The fourth-order valence-corrected chi connectivity index (χ4v) is 5.85. The van der Waals surface area contributed by atoms with Crippen LogP contribution >= 0.6 is 11.6 Å². The van der Waals surface area contributed by atoms with Crippen LogP contribution in [-0.4, -0.2) is 84.4 Å². The number of piperazine rings is 1. The molecule has 3 aliphatic heterocycles. The monoisotopic (exact) mass is 398 g/mol. The number of hydrogen-bond acceptors (Lipinski definition) is 5. The van der Waals surface area contributed by atoms with Crippen molar-refractivity contribution in [1.82, 2.24) is 20.2 Å². The zero-order valence-corrected chi connectivity index (χ0v) is 17.7. The summed E-state index contributed by atoms with van der Waals surface area (Å²) in [5.41, 5.74) is 3.48. The Labute approximate surface area is 170 Å². The fraction of sp³-hybridized carbons (Fsp3) is 1.00. The van der Waals surface area contributed by atoms with Gasteiger partial charge in [-0.3, -0.25) is 4.90 Å². The lowest BCUT2D eigenvalue weighted by Gasteiger charge is -2.40. The van der Waals surface area contributed by atoms with Crippen molar-refractivity contribution < 1.29 is 4.74 Å². The van der Waals surface area contributed by atoms with E-state index < -0.39 is 0 Å². The Bertz CT molecular complexity index is 440. The first kappa shape index (κ1) is 20.4. The van der Waals surface area contributed by atoms with E-state index >= 15 is 0 Å². The fourth-order valence-electron chi connectivity index (χ4n) is 5.46. The molecule has 0 aromatic rings. The maximum atomic E-state index is 6.62. The van der Waals surface area contributed by atoms with Gasteiger partial charge in [0.2, 0.25) is 0 Å². The molecule has 0 aromatic heterocycles. The number of piperidine rings is 1. The van der Waals surface area contributed by atoms with Crippen molar-refractivity contribution in [3.63, 3.8) is 0 Å². The molecule has 4 rings (SSSR count). The SMILES string of the molecule is ClC1C(OCCCCN2CCN(C3CCCCC3)CC2)NN2CCCCC12. The van der Waals surface area contributed by atoms with E-state index in [1.54, 1.807) is 0 Å². The first-order chi connectivity index (χ1) is 13.3. The Hall–Kier alpha value is 0.0900. The van der Waals surface area contributed by atoms with Crippen LogP contribution in [0.2, 0.25) is 0 Å². The quantitative estimate of drug-likeness (QED) is 0.526. The second-order valence-electron chi connectivity index (χ2n) is 9.00. The molecule has 0 spiro atoms. The van der Waals surface area contributed by atoms with Gasteiger partial charge in [-0.15, -0.1) is 11.6 Å². The lowest BCUT2D eigenvalue weighted by atomic mass is 9.94. The Balaban J connectivity index is 1.06. The van der Waals surface area contributed by atoms with Gasteiger partial charge in [-0.1, -0.05) is 25.7 Å². The molecular formula is C21H39ClN4O. The Morgan fingerprint density at radius 2 is 1.63 bits per heavy atom. The predicted molar refractivity (Wildman–Crippen MR) is 111 cm³/mol. The standard InChI is InChI=1S/C21H39ClN4O/c22-20-19-10-4-5-12-26(19)23-21(20)27-17-7-6-11-24-13-15-25(16-14-24)18-8-2-1-3-9-18/h18-21,23H,1-17H2. The lowest BCUT2D eigenvalue weighted by molar-refractivity contribution is 0.0126. The Kier molecular flexibility index (Phi) is 7.71. The zero-order valence-electron chi connectivity index (χ0n) is 17.0. The molecule has 0 aromatic carbocycles. The highest BCUT2D eigenvalue weighted by atomic mass is 35.5. The maximum Gasteiger partial charge on any atom is 0.138 e. The summed E-state index contributed by atoms with van der Waals surface area (Å²) in [6.45, 7) is 8.21. The van der Waals surface area contributed by atoms with Crippen LogP contribution in [0.25, 0.3) is 0 Å². The van der Waals surface area contributed by atoms with Crippen LogP contribution in [0.5, 0.6) is 0 Å². The van der Waals surface area contributed by atoms with Crippen molar-refractivity contribution in [2.24, 2.45) is 0 Å². The molecule has 1 N–H and O–H groups in total. The van der Waals surface area contributed by atoms with Crippen molar-refractivity contribution in [3.8, 4) is 0 Å². The topological polar surface area (TPSA) is 31.0 Å². The first-order valence-electron chi connectivity index (χ1n) is 11.6. The number of nitrogens with zero attached hydrogens (tertiary/aromatic N) is 3. The molecule has 3 atom stereocenters. The average Bonchev–Trinajstić information content (AvgIpc) is 3.05. The minimum absolute atomic E-state index is 0.00815. The number of halogens is 1. The molecule has 156 valence electrons. The number of alkyl halides is 1. The smallest absolute Gasteiger partial charge is 0.138 e. The number of fused-ring (bicyclic) bond motifs is 1. The van der Waals surface area contributed by atoms with Gasteiger partial charge >= 0.3 is 0 Å². The van der Waals surface area contributed by atoms with Gasteiger partial charge in [-0.25, -0.2) is 10.4 Å². The third-order valence-corrected chi connectivity index (χ3v) is 7.68. The molecule has 4 aliphatic rings. The molecule has 1 aliphatic carbocycles. The molecule has 4 fully saturated rings. The Morgan fingerprint density at radius 3 is 2.41 bits per heavy atom. The van der Waals surface area contributed by atoms with E-state index in [1.165, 1.54) is 90.5 Å². The van der Waals surface area contributed by atoms with E-state index in [2.05, 4.69) is 20.2 Å². The highest BCUT2D eigenvalue weighted by molar-refractivity contribution is 6.21. The molecule has 1 saturated carbocycles. The molecule has 6 heteroatoms. The highest BCUT2D eigenvalue weighted by Gasteiger charge is 2.41. The summed E-state index contributed by atoms with van der Waals surface area (Å²) in [5.74, 6) is 0. The van der Waals surface area contributed by atoms with Gasteiger partial charge in [-0.2, -0.15) is 0 Å². The summed E-state index contributed by atoms with van der Waals surface area (Å²) < 4.78 is 6.08. The van der Waals surface area contributed by atoms with Gasteiger partial charge in [-0.05, 0) is 45.1 Å². The minimum atomic E-state index is 0.00815. The minimum Gasteiger partial charge on any atom is -0.360 e. The summed E-state index contributed by atoms with van der Waals surface area (Å²) in [7, 11) is 0. The van der Waals surface area contributed by atoms with Crippen LogP contribution in [0.15, 0.2) is 0 Å². The van der Waals surface area contributed by atoms with Crippen molar-refractivity contribution in [2.75, 3.05) is 45.9 Å². The third-order valence-electron chi connectivity index (χ3n) is 7.16. The van der Waals surface area contributed by atoms with Crippen LogP contribution in [0.1, 0.15) is 64.2 Å². The second-order valence-corrected chi connectivity index (χ2v) is 9.50. The van der Waals surface area contributed by atoms with Crippen molar-refractivity contribution in [1.29, 1.82) is 0 Å². The largest absolute Gasteiger partial charge is 0.360 e. The van der Waals surface area contributed by atoms with Gasteiger partial charge in [0.1, 0.15) is 6.23 Å². The van der Waals surface area contributed by atoms with Crippen LogP contribution in [0.4, 0.5) is 0 Å². The number of ether oxygens (including phenoxy) is 1. The van der Waals surface area contributed by atoms with E-state index in [0.717, 1.165) is 25.6 Å². The highest BCUT2D eigenvalue weighted by Crippen LogP contribution is 2.29. The maximum absolute atomic E-state index is 6.62. The normalized spacial score (nSPS) is 34.8. The molecule has 3 saturated heterocycles. The third kappa shape index (κ3) is 5.37. The number of rotatable bonds is 7. The molecule has 5 nitrogen and oxygen atoms in total. The van der Waals surface area contributed by atoms with Crippen LogP contribution in [0.3, 0.4) is 0 Å². The first-order valence-corrected chi connectivity index (χ1v) is 12.0. The van der Waals surface area contributed by atoms with Gasteiger partial charge < -0.3 is 9.64 Å². The number of nitrogens with one attached hydrogen (secondary N) is 1. The predicted octanol–water partition coefficient (Wildman–Crippen LogP) is 3.04. The summed E-state index contributed by atoms with van der Waals surface area (Å²) in [6, 6.07) is 1.35. The van der Waals surface area contributed by atoms with Crippen molar-refractivity contribution in [3.05, 3.63) is 0 Å². The molecular weight excluding hydrogens is 360 g/mol. The van der Waals surface area contributed by atoms with E-state index in [9.17, 15) is 0 Å². The number of hydrazine groups is 1. The van der Waals surface area contributed by atoms with Crippen LogP contribution in [-0.2, 0) is 4.74 Å². The van der Waals surface area contributed by atoms with Gasteiger partial charge in [0.25, 0.3) is 0 Å². The summed E-state index contributed by atoms with van der Waals surface area (Å²) in [4.78, 5) is 5.41. The number of unbranched alkanes of at least 4 members (excludes halogenated alkanes) is 1. The summed E-state index contributed by atoms with van der Waals surface area (Å²) in [6.07, 6.45) is 13.4. The summed E-state index contributed by atoms with van der Waals surface area (Å²) >= 11 is 6.62. The van der Waals surface area contributed by atoms with Gasteiger partial charge in [0.15, 0.2) is 0 Å². The average molecular weight is 399 g/mol. The van der Waals surface area contributed by atoms with Crippen LogP contribution < -0.4 is 5.43 Å². The molecule has 0 radical (unpaired) electrons. The Morgan fingerprint density at radius 1 is 0.852 bits per heavy atom. The molecule has 27 heavy (non-hydrogen) atoms. The van der Waals surface area contributed by atoms with Crippen molar-refractivity contribution >= 4 is 11.6 Å². The van der Waals surface area contributed by atoms with E-state index in [4.69, 9.17) is 16.3 Å². The van der Waals surface area contributed by atoms with E-state index in [0.29, 0.717) is 6.04 Å². The van der Waals surface area contributed by atoms with Gasteiger partial charge in [0, 0.05) is 51.4 Å². The molecule has 0 bridgehead atoms. The van der Waals surface area contributed by atoms with Gasteiger partial charge in [0.05, 0.1) is 5.38 Å². The lowest BCUT2D eigenvalue weighted by Crippen LogP contribution is -2.50. The molecule has 0 amide bonds. The van der Waals surface area contributed by atoms with E-state index in [-0.39, 0.29) is 11.6 Å². The second kappa shape index (κ2) is 10.2. The van der Waals surface area contributed by atoms with Crippen LogP contribution in [0, 0.1) is 0 Å². The molecule has 3 heterocycles. The van der Waals surface area contributed by atoms with Crippen molar-refractivity contribution in [2.45, 2.75) is 87.9 Å².